The van der Waals surface area contributed by atoms with E-state index >= 15 is 0 Å². The van der Waals surface area contributed by atoms with Crippen molar-refractivity contribution in [3.8, 4) is 0 Å². The molecule has 1 fully saturated rings. The fraction of sp³-hybridized carbons (Fsp3) is 0.692. The molecule has 1 saturated carbocycles. The molecule has 1 aliphatic carbocycles. The zero-order valence-electron chi connectivity index (χ0n) is 11.1. The molecule has 1 aliphatic rings. The van der Waals surface area contributed by atoms with Crippen molar-refractivity contribution in [3.05, 3.63) is 12.2 Å². The summed E-state index contributed by atoms with van der Waals surface area (Å²) in [5.41, 5.74) is -0.0598. The number of nitrogens with zero attached hydrogens (tertiary/aromatic N) is 1. The largest absolute Gasteiger partial charge is 0.444 e. The average Bonchev–Trinajstić information content (AvgIpc) is 2.93. The molecule has 17 heavy (non-hydrogen) atoms. The lowest BCUT2D eigenvalue weighted by Crippen LogP contribution is -2.41. The van der Waals surface area contributed by atoms with Crippen LogP contribution < -0.4 is 0 Å². The molecule has 0 heterocycles. The van der Waals surface area contributed by atoms with Crippen molar-refractivity contribution in [3.63, 3.8) is 0 Å². The summed E-state index contributed by atoms with van der Waals surface area (Å²) in [4.78, 5) is 25.0. The minimum Gasteiger partial charge on any atom is -0.444 e. The number of ether oxygens (including phenoxy) is 1. The van der Waals surface area contributed by atoms with Crippen LogP contribution in [0.3, 0.4) is 0 Å². The molecule has 0 aromatic heterocycles. The van der Waals surface area contributed by atoms with E-state index < -0.39 is 11.7 Å². The Labute approximate surface area is 103 Å². The Morgan fingerprint density at radius 1 is 1.35 bits per heavy atom. The van der Waals surface area contributed by atoms with Gasteiger partial charge in [-0.05, 0) is 46.1 Å². The summed E-state index contributed by atoms with van der Waals surface area (Å²) in [6, 6.07) is 0.160. The predicted molar refractivity (Wildman–Crippen MR) is 65.8 cm³/mol. The molecule has 0 radical (unpaired) electrons. The van der Waals surface area contributed by atoms with Gasteiger partial charge >= 0.3 is 6.09 Å². The first-order valence-corrected chi connectivity index (χ1v) is 5.89. The van der Waals surface area contributed by atoms with Gasteiger partial charge in [0.1, 0.15) is 5.60 Å². The van der Waals surface area contributed by atoms with Crippen molar-refractivity contribution in [2.75, 3.05) is 6.54 Å². The summed E-state index contributed by atoms with van der Waals surface area (Å²) >= 11 is 0. The lowest BCUT2D eigenvalue weighted by molar-refractivity contribution is -0.116. The van der Waals surface area contributed by atoms with Gasteiger partial charge < -0.3 is 4.74 Å². The van der Waals surface area contributed by atoms with Crippen molar-refractivity contribution < 1.29 is 14.3 Å². The maximum Gasteiger partial charge on any atom is 0.410 e. The number of hydrogen-bond acceptors (Lipinski definition) is 3. The van der Waals surface area contributed by atoms with Crippen LogP contribution in [0.15, 0.2) is 12.2 Å². The van der Waals surface area contributed by atoms with Gasteiger partial charge in [-0.25, -0.2) is 4.79 Å². The first-order valence-electron chi connectivity index (χ1n) is 5.89. The maximum absolute atomic E-state index is 11.9. The second kappa shape index (κ2) is 4.90. The van der Waals surface area contributed by atoms with Crippen LogP contribution in [0.25, 0.3) is 0 Å². The fourth-order valence-electron chi connectivity index (χ4n) is 1.34. The molecule has 96 valence electrons. The molecule has 0 aromatic rings. The molecule has 0 aromatic carbocycles. The van der Waals surface area contributed by atoms with Crippen molar-refractivity contribution >= 4 is 11.9 Å². The summed E-state index contributed by atoms with van der Waals surface area (Å²) in [6.07, 6.45) is 1.49. The lowest BCUT2D eigenvalue weighted by atomic mass is 10.2. The predicted octanol–water partition coefficient (Wildman–Crippen LogP) is 2.53. The van der Waals surface area contributed by atoms with Crippen LogP contribution in [-0.2, 0) is 9.53 Å². The van der Waals surface area contributed by atoms with Gasteiger partial charge in [-0.15, -0.1) is 0 Å². The Hall–Kier alpha value is -1.32. The van der Waals surface area contributed by atoms with Gasteiger partial charge in [0.15, 0.2) is 5.78 Å². The summed E-state index contributed by atoms with van der Waals surface area (Å²) in [6.45, 7) is 10.8. The van der Waals surface area contributed by atoms with Crippen molar-refractivity contribution in [1.82, 2.24) is 4.90 Å². The van der Waals surface area contributed by atoms with Crippen LogP contribution in [0, 0.1) is 0 Å². The van der Waals surface area contributed by atoms with Gasteiger partial charge in [0, 0.05) is 6.04 Å². The van der Waals surface area contributed by atoms with Gasteiger partial charge in [0.25, 0.3) is 0 Å². The van der Waals surface area contributed by atoms with E-state index in [4.69, 9.17) is 4.74 Å². The highest BCUT2D eigenvalue weighted by atomic mass is 16.6. The molecule has 1 rings (SSSR count). The maximum atomic E-state index is 11.9. The fourth-order valence-corrected chi connectivity index (χ4v) is 1.34. The van der Waals surface area contributed by atoms with Crippen LogP contribution in [-0.4, -0.2) is 35.0 Å². The lowest BCUT2D eigenvalue weighted by Gasteiger charge is -2.27. The quantitative estimate of drug-likeness (QED) is 0.708. The Morgan fingerprint density at radius 2 is 1.88 bits per heavy atom. The number of hydrogen-bond donors (Lipinski definition) is 0. The van der Waals surface area contributed by atoms with Gasteiger partial charge in [0.05, 0.1) is 6.54 Å². The number of carbonyl (C=O) groups is 2. The molecule has 0 unspecified atom stereocenters. The third-order valence-corrected chi connectivity index (χ3v) is 2.41. The van der Waals surface area contributed by atoms with E-state index in [0.29, 0.717) is 5.57 Å². The van der Waals surface area contributed by atoms with E-state index in [2.05, 4.69) is 6.58 Å². The molecular weight excluding hydrogens is 218 g/mol. The number of rotatable bonds is 4. The van der Waals surface area contributed by atoms with Crippen molar-refractivity contribution in [1.29, 1.82) is 0 Å². The minimum atomic E-state index is -0.531. The van der Waals surface area contributed by atoms with E-state index in [0.717, 1.165) is 12.8 Å². The SMILES string of the molecule is C=C(C)C(=O)CN(C(=O)OC(C)(C)C)C1CC1. The Bertz CT molecular complexity index is 337. The second-order valence-electron chi connectivity index (χ2n) is 5.54. The van der Waals surface area contributed by atoms with E-state index in [-0.39, 0.29) is 18.4 Å². The van der Waals surface area contributed by atoms with E-state index in [1.54, 1.807) is 6.92 Å². The Morgan fingerprint density at radius 3 is 2.24 bits per heavy atom. The molecule has 4 nitrogen and oxygen atoms in total. The van der Waals surface area contributed by atoms with Crippen LogP contribution in [0.2, 0.25) is 0 Å². The number of carbonyl (C=O) groups excluding carboxylic acids is 2. The van der Waals surface area contributed by atoms with E-state index in [1.165, 1.54) is 4.90 Å². The Kier molecular flexibility index (Phi) is 3.96. The first-order chi connectivity index (χ1) is 7.70. The topological polar surface area (TPSA) is 46.6 Å². The van der Waals surface area contributed by atoms with E-state index in [1.807, 2.05) is 20.8 Å². The molecule has 0 aliphatic heterocycles. The zero-order valence-corrected chi connectivity index (χ0v) is 11.1. The molecule has 0 saturated heterocycles. The summed E-state index contributed by atoms with van der Waals surface area (Å²) < 4.78 is 5.29. The smallest absolute Gasteiger partial charge is 0.410 e. The van der Waals surface area contributed by atoms with Gasteiger partial charge in [0.2, 0.25) is 0 Å². The molecule has 0 spiro atoms. The Balaban J connectivity index is 2.63. The normalized spacial score (nSPS) is 15.3. The van der Waals surface area contributed by atoms with Gasteiger partial charge in [-0.3, -0.25) is 9.69 Å². The third kappa shape index (κ3) is 4.59. The monoisotopic (exact) mass is 239 g/mol. The molecule has 1 amide bonds. The third-order valence-electron chi connectivity index (χ3n) is 2.41. The van der Waals surface area contributed by atoms with Crippen molar-refractivity contribution in [2.24, 2.45) is 0 Å². The summed E-state index contributed by atoms with van der Waals surface area (Å²) in [5, 5.41) is 0. The second-order valence-corrected chi connectivity index (χ2v) is 5.54. The van der Waals surface area contributed by atoms with Gasteiger partial charge in [-0.2, -0.15) is 0 Å². The highest BCUT2D eigenvalue weighted by Crippen LogP contribution is 2.28. The zero-order chi connectivity index (χ0) is 13.2. The molecule has 4 heteroatoms. The molecule has 0 N–H and O–H groups in total. The van der Waals surface area contributed by atoms with Crippen LogP contribution >= 0.6 is 0 Å². The average molecular weight is 239 g/mol. The number of Topliss-reactive ketones (excluding diaryl/α,β-unsaturated/α-hetero) is 1. The van der Waals surface area contributed by atoms with Crippen LogP contribution in [0.1, 0.15) is 40.5 Å². The summed E-state index contributed by atoms with van der Waals surface area (Å²) in [7, 11) is 0. The first kappa shape index (κ1) is 13.7. The number of ketones is 1. The van der Waals surface area contributed by atoms with Gasteiger partial charge in [-0.1, -0.05) is 6.58 Å². The molecule has 0 atom stereocenters. The highest BCUT2D eigenvalue weighted by Gasteiger charge is 2.36. The number of amides is 1. The minimum absolute atomic E-state index is 0.0783. The van der Waals surface area contributed by atoms with Crippen LogP contribution in [0.5, 0.6) is 0 Å². The molecule has 0 bridgehead atoms. The summed E-state index contributed by atoms with van der Waals surface area (Å²) in [5.74, 6) is -0.109. The van der Waals surface area contributed by atoms with Crippen molar-refractivity contribution in [2.45, 2.75) is 52.2 Å². The molecular formula is C13H21NO3. The standard InChI is InChI=1S/C13H21NO3/c1-9(2)11(15)8-14(10-6-7-10)12(16)17-13(3,4)5/h10H,1,6-8H2,2-5H3. The van der Waals surface area contributed by atoms with E-state index in [9.17, 15) is 9.59 Å². The van der Waals surface area contributed by atoms with Crippen LogP contribution in [0.4, 0.5) is 4.79 Å². The highest BCUT2D eigenvalue weighted by molar-refractivity contribution is 5.97.